The summed E-state index contributed by atoms with van der Waals surface area (Å²) in [6.45, 7) is 7.46. The molecule has 0 aliphatic carbocycles. The summed E-state index contributed by atoms with van der Waals surface area (Å²) in [7, 11) is 0. The van der Waals surface area contributed by atoms with Crippen LogP contribution >= 0.6 is 0 Å². The van der Waals surface area contributed by atoms with Crippen LogP contribution in [-0.4, -0.2) is 23.9 Å². The number of fused-ring (bicyclic) bond motifs is 2. The maximum absolute atomic E-state index is 12.9. The highest BCUT2D eigenvalue weighted by atomic mass is 16.4. The van der Waals surface area contributed by atoms with Crippen molar-refractivity contribution in [1.82, 2.24) is 4.90 Å². The SMILES string of the molecule is Cc1coc2c(C)c3oc(=O)c(CCC(=O)N4CCC(Cc5ccccc5)CC4)c(C)c3cc12. The van der Waals surface area contributed by atoms with Gasteiger partial charge in [-0.05, 0) is 75.1 Å². The number of hydrogen-bond donors (Lipinski definition) is 0. The largest absolute Gasteiger partial charge is 0.464 e. The number of carbonyl (C=O) groups is 1. The molecule has 5 nitrogen and oxygen atoms in total. The van der Waals surface area contributed by atoms with Gasteiger partial charge in [0.25, 0.3) is 0 Å². The van der Waals surface area contributed by atoms with E-state index in [0.29, 0.717) is 29.9 Å². The van der Waals surface area contributed by atoms with E-state index in [4.69, 9.17) is 8.83 Å². The number of rotatable bonds is 5. The summed E-state index contributed by atoms with van der Waals surface area (Å²) in [5.74, 6) is 0.738. The van der Waals surface area contributed by atoms with E-state index in [9.17, 15) is 9.59 Å². The monoisotopic (exact) mass is 457 g/mol. The van der Waals surface area contributed by atoms with E-state index in [2.05, 4.69) is 24.3 Å². The summed E-state index contributed by atoms with van der Waals surface area (Å²) < 4.78 is 11.4. The molecule has 1 amide bonds. The van der Waals surface area contributed by atoms with Gasteiger partial charge < -0.3 is 13.7 Å². The maximum atomic E-state index is 12.9. The number of aryl methyl sites for hydroxylation is 3. The zero-order valence-electron chi connectivity index (χ0n) is 20.1. The molecule has 1 aliphatic rings. The Morgan fingerprint density at radius 3 is 2.47 bits per heavy atom. The molecule has 1 aliphatic heterocycles. The van der Waals surface area contributed by atoms with Crippen molar-refractivity contribution in [2.24, 2.45) is 5.92 Å². The van der Waals surface area contributed by atoms with Crippen LogP contribution in [0.5, 0.6) is 0 Å². The Kier molecular flexibility index (Phi) is 6.03. The van der Waals surface area contributed by atoms with Crippen LogP contribution in [0, 0.1) is 26.7 Å². The van der Waals surface area contributed by atoms with E-state index in [-0.39, 0.29) is 11.5 Å². The molecule has 2 aromatic heterocycles. The van der Waals surface area contributed by atoms with Gasteiger partial charge in [0.1, 0.15) is 11.2 Å². The first-order valence-corrected chi connectivity index (χ1v) is 12.2. The van der Waals surface area contributed by atoms with Crippen LogP contribution in [0.2, 0.25) is 0 Å². The quantitative estimate of drug-likeness (QED) is 0.351. The molecule has 4 aromatic rings. The highest BCUT2D eigenvalue weighted by Crippen LogP contribution is 2.33. The number of amides is 1. The van der Waals surface area contributed by atoms with Crippen LogP contribution in [0.15, 0.2) is 56.3 Å². The molecule has 0 spiro atoms. The molecule has 0 bridgehead atoms. The molecular formula is C29H31NO4. The van der Waals surface area contributed by atoms with Crippen LogP contribution in [0.3, 0.4) is 0 Å². The third-order valence-electron chi connectivity index (χ3n) is 7.46. The minimum Gasteiger partial charge on any atom is -0.464 e. The van der Waals surface area contributed by atoms with Gasteiger partial charge in [-0.2, -0.15) is 0 Å². The van der Waals surface area contributed by atoms with Gasteiger partial charge in [-0.25, -0.2) is 4.79 Å². The number of hydrogen-bond acceptors (Lipinski definition) is 4. The van der Waals surface area contributed by atoms with Crippen molar-refractivity contribution in [3.8, 4) is 0 Å². The third kappa shape index (κ3) is 4.15. The average molecular weight is 458 g/mol. The Morgan fingerprint density at radius 1 is 1.00 bits per heavy atom. The Bertz CT molecular complexity index is 1410. The first-order chi connectivity index (χ1) is 16.4. The molecule has 0 unspecified atom stereocenters. The van der Waals surface area contributed by atoms with Gasteiger partial charge in [0, 0.05) is 41.4 Å². The van der Waals surface area contributed by atoms with Gasteiger partial charge in [0.15, 0.2) is 0 Å². The summed E-state index contributed by atoms with van der Waals surface area (Å²) in [6.07, 6.45) is 5.57. The zero-order valence-corrected chi connectivity index (χ0v) is 20.1. The van der Waals surface area contributed by atoms with Crippen molar-refractivity contribution in [3.05, 3.63) is 80.9 Å². The molecule has 0 atom stereocenters. The summed E-state index contributed by atoms with van der Waals surface area (Å²) >= 11 is 0. The summed E-state index contributed by atoms with van der Waals surface area (Å²) in [5, 5.41) is 1.95. The van der Waals surface area contributed by atoms with E-state index in [1.54, 1.807) is 6.26 Å². The number of carbonyl (C=O) groups excluding carboxylic acids is 1. The summed E-state index contributed by atoms with van der Waals surface area (Å²) in [6, 6.07) is 12.6. The predicted molar refractivity (Wildman–Crippen MR) is 134 cm³/mol. The van der Waals surface area contributed by atoms with Crippen LogP contribution in [-0.2, 0) is 17.6 Å². The fourth-order valence-electron chi connectivity index (χ4n) is 5.33. The van der Waals surface area contributed by atoms with Crippen LogP contribution < -0.4 is 5.63 Å². The van der Waals surface area contributed by atoms with Crippen LogP contribution in [0.1, 0.15) is 47.1 Å². The molecule has 0 N–H and O–H groups in total. The molecule has 0 saturated carbocycles. The lowest BCUT2D eigenvalue weighted by Gasteiger charge is -2.32. The van der Waals surface area contributed by atoms with Gasteiger partial charge in [0.2, 0.25) is 5.91 Å². The highest BCUT2D eigenvalue weighted by Gasteiger charge is 2.24. The minimum absolute atomic E-state index is 0.120. The first-order valence-electron chi connectivity index (χ1n) is 12.2. The smallest absolute Gasteiger partial charge is 0.339 e. The fraction of sp³-hybridized carbons (Fsp3) is 0.379. The number of nitrogens with zero attached hydrogens (tertiary/aromatic N) is 1. The molecule has 2 aromatic carbocycles. The third-order valence-corrected chi connectivity index (χ3v) is 7.46. The molecule has 176 valence electrons. The Hall–Kier alpha value is -3.34. The van der Waals surface area contributed by atoms with Crippen molar-refractivity contribution in [1.29, 1.82) is 0 Å². The Morgan fingerprint density at radius 2 is 1.74 bits per heavy atom. The van der Waals surface area contributed by atoms with Crippen LogP contribution in [0.4, 0.5) is 0 Å². The number of furan rings is 1. The first kappa shape index (κ1) is 22.5. The molecule has 5 heteroatoms. The van der Waals surface area contributed by atoms with Gasteiger partial charge in [0.05, 0.1) is 6.26 Å². The van der Waals surface area contributed by atoms with E-state index in [1.807, 2.05) is 37.8 Å². The Labute approximate surface area is 199 Å². The lowest BCUT2D eigenvalue weighted by molar-refractivity contribution is -0.132. The average Bonchev–Trinajstić information content (AvgIpc) is 3.22. The van der Waals surface area contributed by atoms with Gasteiger partial charge in [-0.1, -0.05) is 30.3 Å². The molecule has 5 rings (SSSR count). The molecule has 0 radical (unpaired) electrons. The molecule has 1 saturated heterocycles. The van der Waals surface area contributed by atoms with Gasteiger partial charge in [-0.15, -0.1) is 0 Å². The number of likely N-dealkylation sites (tertiary alicyclic amines) is 1. The predicted octanol–water partition coefficient (Wildman–Crippen LogP) is 5.88. The van der Waals surface area contributed by atoms with Crippen molar-refractivity contribution in [2.45, 2.75) is 52.9 Å². The number of benzene rings is 2. The molecule has 1 fully saturated rings. The van der Waals surface area contributed by atoms with Crippen molar-refractivity contribution in [2.75, 3.05) is 13.1 Å². The second-order valence-corrected chi connectivity index (χ2v) is 9.68. The van der Waals surface area contributed by atoms with Crippen molar-refractivity contribution >= 4 is 27.8 Å². The van der Waals surface area contributed by atoms with Gasteiger partial charge >= 0.3 is 5.63 Å². The lowest BCUT2D eigenvalue weighted by atomic mass is 9.90. The molecular weight excluding hydrogens is 426 g/mol. The van der Waals surface area contributed by atoms with Crippen molar-refractivity contribution in [3.63, 3.8) is 0 Å². The number of piperidine rings is 1. The zero-order chi connectivity index (χ0) is 23.8. The Balaban J connectivity index is 1.27. The van der Waals surface area contributed by atoms with E-state index < -0.39 is 0 Å². The summed E-state index contributed by atoms with van der Waals surface area (Å²) in [4.78, 5) is 27.7. The molecule has 3 heterocycles. The van der Waals surface area contributed by atoms with E-state index in [0.717, 1.165) is 65.4 Å². The lowest BCUT2D eigenvalue weighted by Crippen LogP contribution is -2.39. The highest BCUT2D eigenvalue weighted by molar-refractivity contribution is 5.99. The molecule has 34 heavy (non-hydrogen) atoms. The second-order valence-electron chi connectivity index (χ2n) is 9.68. The summed E-state index contributed by atoms with van der Waals surface area (Å²) in [5.41, 5.74) is 5.71. The standard InChI is InChI=1S/C29H31NO4/c1-18-17-33-27-20(3)28-25(16-24(18)27)19(2)23(29(32)34-28)9-10-26(31)30-13-11-22(12-14-30)15-21-7-5-4-6-8-21/h4-8,16-17,22H,9-15H2,1-3H3. The van der Waals surface area contributed by atoms with E-state index in [1.165, 1.54) is 5.56 Å². The van der Waals surface area contributed by atoms with Crippen molar-refractivity contribution < 1.29 is 13.6 Å². The van der Waals surface area contributed by atoms with E-state index >= 15 is 0 Å². The minimum atomic E-state index is -0.356. The topological polar surface area (TPSA) is 63.7 Å². The maximum Gasteiger partial charge on any atom is 0.339 e. The second kappa shape index (κ2) is 9.13. The van der Waals surface area contributed by atoms with Crippen LogP contribution in [0.25, 0.3) is 21.9 Å². The fourth-order valence-corrected chi connectivity index (χ4v) is 5.33. The normalized spacial score (nSPS) is 14.9. The van der Waals surface area contributed by atoms with Gasteiger partial charge in [-0.3, -0.25) is 4.79 Å².